The van der Waals surface area contributed by atoms with Crippen LogP contribution < -0.4 is 11.1 Å². The Morgan fingerprint density at radius 2 is 1.57 bits per heavy atom. The van der Waals surface area contributed by atoms with E-state index < -0.39 is 40.8 Å². The second-order valence-corrected chi connectivity index (χ2v) is 10.3. The van der Waals surface area contributed by atoms with Gasteiger partial charge < -0.3 is 15.8 Å². The summed E-state index contributed by atoms with van der Waals surface area (Å²) >= 11 is 0. The van der Waals surface area contributed by atoms with Crippen molar-refractivity contribution in [2.75, 3.05) is 5.75 Å². The molecular formula is C28H29N3O5S. The number of carbonyl (C=O) groups excluding carboxylic acids is 3. The molecule has 3 atom stereocenters. The van der Waals surface area contributed by atoms with Crippen LogP contribution >= 0.6 is 0 Å². The predicted octanol–water partition coefficient (Wildman–Crippen LogP) is 2.92. The van der Waals surface area contributed by atoms with Gasteiger partial charge in [-0.25, -0.2) is 4.79 Å². The van der Waals surface area contributed by atoms with Gasteiger partial charge in [0.1, 0.15) is 18.7 Å². The lowest BCUT2D eigenvalue weighted by Gasteiger charge is -2.35. The first-order chi connectivity index (χ1) is 17.9. The number of carbonyl (C=O) groups is 3. The molecule has 0 aromatic heterocycles. The Balaban J connectivity index is 1.46. The van der Waals surface area contributed by atoms with E-state index in [0.29, 0.717) is 4.90 Å². The summed E-state index contributed by atoms with van der Waals surface area (Å²) in [5, 5.41) is 2.69. The minimum Gasteiger partial charge on any atom is -0.445 e. The number of hydrogen-bond acceptors (Lipinski definition) is 5. The molecule has 0 aliphatic carbocycles. The standard InChI is InChI=1S/C28H29N3O5S/c29-26(32)24(15-16-37(35)23-13-5-2-6-14-23)30-27(33)25-17-21-11-7-8-12-22(21)18-31(25)28(34)36-19-20-9-3-1-4-10-20/h1-14,24-25H,15-19H2,(H2,29,32)(H,30,33)/t24-,25-,37-/m0/s1. The van der Waals surface area contributed by atoms with Gasteiger partial charge in [0.05, 0.1) is 17.3 Å². The maximum absolute atomic E-state index is 13.4. The van der Waals surface area contributed by atoms with Crippen LogP contribution in [-0.2, 0) is 44.7 Å². The number of nitrogens with zero attached hydrogens (tertiary/aromatic N) is 1. The fourth-order valence-electron chi connectivity index (χ4n) is 4.22. The molecule has 0 fully saturated rings. The first-order valence-corrected chi connectivity index (χ1v) is 13.3. The van der Waals surface area contributed by atoms with Crippen LogP contribution in [0.2, 0.25) is 0 Å². The number of benzene rings is 3. The molecule has 192 valence electrons. The van der Waals surface area contributed by atoms with Crippen molar-refractivity contribution in [3.05, 3.63) is 102 Å². The predicted molar refractivity (Wildman–Crippen MR) is 140 cm³/mol. The van der Waals surface area contributed by atoms with Crippen molar-refractivity contribution in [1.82, 2.24) is 10.2 Å². The second kappa shape index (κ2) is 12.3. The molecule has 0 spiro atoms. The Morgan fingerprint density at radius 1 is 0.946 bits per heavy atom. The van der Waals surface area contributed by atoms with Crippen molar-refractivity contribution in [3.8, 4) is 0 Å². The van der Waals surface area contributed by atoms with Gasteiger partial charge in [-0.15, -0.1) is 0 Å². The lowest BCUT2D eigenvalue weighted by molar-refractivity contribution is -0.131. The molecule has 1 heterocycles. The Bertz CT molecular complexity index is 1270. The van der Waals surface area contributed by atoms with E-state index in [1.807, 2.05) is 60.7 Å². The first kappa shape index (κ1) is 26.1. The fraction of sp³-hybridized carbons (Fsp3) is 0.250. The van der Waals surface area contributed by atoms with E-state index in [2.05, 4.69) is 5.32 Å². The molecule has 0 saturated carbocycles. The van der Waals surface area contributed by atoms with Crippen LogP contribution in [0, 0.1) is 0 Å². The number of ether oxygens (including phenoxy) is 1. The highest BCUT2D eigenvalue weighted by Gasteiger charge is 2.37. The highest BCUT2D eigenvalue weighted by molar-refractivity contribution is 7.85. The molecule has 3 aromatic carbocycles. The molecule has 3 aromatic rings. The maximum Gasteiger partial charge on any atom is 0.411 e. The van der Waals surface area contributed by atoms with E-state index in [1.165, 1.54) is 4.90 Å². The quantitative estimate of drug-likeness (QED) is 0.451. The molecule has 3 N–H and O–H groups in total. The van der Waals surface area contributed by atoms with Gasteiger partial charge in [0.25, 0.3) is 0 Å². The van der Waals surface area contributed by atoms with Crippen LogP contribution in [-0.4, -0.2) is 44.9 Å². The van der Waals surface area contributed by atoms with Crippen molar-refractivity contribution in [3.63, 3.8) is 0 Å². The summed E-state index contributed by atoms with van der Waals surface area (Å²) in [4.78, 5) is 40.6. The van der Waals surface area contributed by atoms with Crippen molar-refractivity contribution < 1.29 is 23.3 Å². The van der Waals surface area contributed by atoms with E-state index in [9.17, 15) is 18.6 Å². The third-order valence-electron chi connectivity index (χ3n) is 6.25. The monoisotopic (exact) mass is 519 g/mol. The number of nitrogens with one attached hydrogen (secondary N) is 1. The van der Waals surface area contributed by atoms with Crippen molar-refractivity contribution >= 4 is 28.7 Å². The molecule has 4 rings (SSSR count). The van der Waals surface area contributed by atoms with Gasteiger partial charge in [0, 0.05) is 17.1 Å². The van der Waals surface area contributed by atoms with Crippen LogP contribution in [0.15, 0.2) is 89.8 Å². The summed E-state index contributed by atoms with van der Waals surface area (Å²) in [6.45, 7) is 0.266. The van der Waals surface area contributed by atoms with Crippen molar-refractivity contribution in [2.24, 2.45) is 5.73 Å². The first-order valence-electron chi connectivity index (χ1n) is 12.0. The number of rotatable bonds is 9. The molecule has 0 radical (unpaired) electrons. The normalized spacial score (nSPS) is 16.2. The highest BCUT2D eigenvalue weighted by atomic mass is 32.2. The van der Waals surface area contributed by atoms with Crippen LogP contribution in [0.1, 0.15) is 23.1 Å². The number of amides is 3. The third kappa shape index (κ3) is 6.83. The smallest absolute Gasteiger partial charge is 0.411 e. The zero-order valence-electron chi connectivity index (χ0n) is 20.2. The summed E-state index contributed by atoms with van der Waals surface area (Å²) in [6, 6.07) is 23.8. The van der Waals surface area contributed by atoms with Gasteiger partial charge in [-0.2, -0.15) is 0 Å². The summed E-state index contributed by atoms with van der Waals surface area (Å²) < 4.78 is 18.1. The zero-order valence-corrected chi connectivity index (χ0v) is 21.1. The average Bonchev–Trinajstić information content (AvgIpc) is 2.93. The topological polar surface area (TPSA) is 119 Å². The minimum absolute atomic E-state index is 0.0708. The molecule has 0 saturated heterocycles. The number of primary amides is 1. The summed E-state index contributed by atoms with van der Waals surface area (Å²) in [5.41, 5.74) is 8.26. The molecule has 1 aliphatic heterocycles. The van der Waals surface area contributed by atoms with Gasteiger partial charge >= 0.3 is 6.09 Å². The Morgan fingerprint density at radius 3 is 2.24 bits per heavy atom. The molecule has 0 unspecified atom stereocenters. The van der Waals surface area contributed by atoms with E-state index in [-0.39, 0.29) is 31.7 Å². The summed E-state index contributed by atoms with van der Waals surface area (Å²) in [7, 11) is -1.35. The average molecular weight is 520 g/mol. The summed E-state index contributed by atoms with van der Waals surface area (Å²) in [6.07, 6.45) is -0.256. The number of hydrogen-bond donors (Lipinski definition) is 2. The molecule has 0 bridgehead atoms. The molecule has 9 heteroatoms. The molecule has 37 heavy (non-hydrogen) atoms. The van der Waals surface area contributed by atoms with E-state index >= 15 is 0 Å². The zero-order chi connectivity index (χ0) is 26.2. The van der Waals surface area contributed by atoms with Gasteiger partial charge in [0.15, 0.2) is 0 Å². The second-order valence-electron chi connectivity index (χ2n) is 8.77. The van der Waals surface area contributed by atoms with Gasteiger partial charge in [-0.1, -0.05) is 72.8 Å². The Kier molecular flexibility index (Phi) is 8.68. The third-order valence-corrected chi connectivity index (χ3v) is 7.65. The molecule has 1 aliphatic rings. The van der Waals surface area contributed by atoms with E-state index in [4.69, 9.17) is 10.5 Å². The van der Waals surface area contributed by atoms with Gasteiger partial charge in [-0.3, -0.25) is 18.7 Å². The Hall–Kier alpha value is -3.98. The molecular weight excluding hydrogens is 490 g/mol. The minimum atomic E-state index is -1.35. The van der Waals surface area contributed by atoms with Crippen LogP contribution in [0.4, 0.5) is 4.79 Å². The van der Waals surface area contributed by atoms with E-state index in [1.54, 1.807) is 24.3 Å². The van der Waals surface area contributed by atoms with Gasteiger partial charge in [0.2, 0.25) is 11.8 Å². The fourth-order valence-corrected chi connectivity index (χ4v) is 5.37. The van der Waals surface area contributed by atoms with Crippen molar-refractivity contribution in [2.45, 2.75) is 43.0 Å². The number of fused-ring (bicyclic) bond motifs is 1. The van der Waals surface area contributed by atoms with Crippen LogP contribution in [0.5, 0.6) is 0 Å². The molecule has 8 nitrogen and oxygen atoms in total. The van der Waals surface area contributed by atoms with E-state index in [0.717, 1.165) is 16.7 Å². The van der Waals surface area contributed by atoms with Crippen LogP contribution in [0.25, 0.3) is 0 Å². The largest absolute Gasteiger partial charge is 0.445 e. The SMILES string of the molecule is NC(=O)[C@H](CC[S@](=O)c1ccccc1)NC(=O)[C@@H]1Cc2ccccc2CN1C(=O)OCc1ccccc1. The number of nitrogens with two attached hydrogens (primary N) is 1. The highest BCUT2D eigenvalue weighted by Crippen LogP contribution is 2.25. The lowest BCUT2D eigenvalue weighted by Crippen LogP contribution is -2.56. The Labute approximate surface area is 218 Å². The van der Waals surface area contributed by atoms with Gasteiger partial charge in [-0.05, 0) is 35.2 Å². The maximum atomic E-state index is 13.4. The van der Waals surface area contributed by atoms with Crippen molar-refractivity contribution in [1.29, 1.82) is 0 Å². The van der Waals surface area contributed by atoms with Crippen LogP contribution in [0.3, 0.4) is 0 Å². The lowest BCUT2D eigenvalue weighted by atomic mass is 9.93. The molecule has 3 amide bonds. The summed E-state index contributed by atoms with van der Waals surface area (Å²) in [5.74, 6) is -1.10.